The standard InChI is InChI=1S/C22H24N2O3/c1-4-15-6-10-17(11-7-15)23-20-19(22(26)27-3)14-24(21(20)25)18-12-8-16(5-2)9-13-18/h6-13,23H,4-5,14H2,1-3H3. The van der Waals surface area contributed by atoms with Gasteiger partial charge in [-0.3, -0.25) is 4.79 Å². The number of anilines is 2. The van der Waals surface area contributed by atoms with Crippen molar-refractivity contribution in [3.63, 3.8) is 0 Å². The van der Waals surface area contributed by atoms with Gasteiger partial charge in [-0.05, 0) is 48.2 Å². The number of aryl methyl sites for hydroxylation is 2. The van der Waals surface area contributed by atoms with Crippen LogP contribution in [0.2, 0.25) is 0 Å². The van der Waals surface area contributed by atoms with E-state index in [2.05, 4.69) is 19.2 Å². The molecule has 0 bridgehead atoms. The summed E-state index contributed by atoms with van der Waals surface area (Å²) in [6.07, 6.45) is 1.87. The molecule has 0 radical (unpaired) electrons. The van der Waals surface area contributed by atoms with Gasteiger partial charge >= 0.3 is 5.97 Å². The number of nitrogens with zero attached hydrogens (tertiary/aromatic N) is 1. The molecule has 2 aromatic rings. The molecule has 1 N–H and O–H groups in total. The van der Waals surface area contributed by atoms with E-state index in [0.717, 1.165) is 24.2 Å². The molecule has 3 rings (SSSR count). The zero-order valence-electron chi connectivity index (χ0n) is 15.9. The molecule has 0 unspecified atom stereocenters. The van der Waals surface area contributed by atoms with Crippen molar-refractivity contribution in [2.24, 2.45) is 0 Å². The maximum absolute atomic E-state index is 13.0. The van der Waals surface area contributed by atoms with Gasteiger partial charge in [0.15, 0.2) is 0 Å². The van der Waals surface area contributed by atoms with Crippen molar-refractivity contribution in [3.05, 3.63) is 70.9 Å². The molecule has 27 heavy (non-hydrogen) atoms. The Kier molecular flexibility index (Phi) is 5.60. The second kappa shape index (κ2) is 8.08. The van der Waals surface area contributed by atoms with Crippen molar-refractivity contribution in [1.29, 1.82) is 0 Å². The smallest absolute Gasteiger partial charge is 0.337 e. The molecule has 1 aliphatic rings. The largest absolute Gasteiger partial charge is 0.466 e. The lowest BCUT2D eigenvalue weighted by Gasteiger charge is -2.17. The molecule has 140 valence electrons. The van der Waals surface area contributed by atoms with Crippen LogP contribution in [0.25, 0.3) is 0 Å². The summed E-state index contributed by atoms with van der Waals surface area (Å²) >= 11 is 0. The van der Waals surface area contributed by atoms with E-state index in [1.54, 1.807) is 4.90 Å². The minimum absolute atomic E-state index is 0.187. The van der Waals surface area contributed by atoms with Gasteiger partial charge in [0.1, 0.15) is 5.70 Å². The lowest BCUT2D eigenvalue weighted by Crippen LogP contribution is -2.28. The number of amides is 1. The first-order valence-electron chi connectivity index (χ1n) is 9.15. The summed E-state index contributed by atoms with van der Waals surface area (Å²) in [6, 6.07) is 15.6. The van der Waals surface area contributed by atoms with Gasteiger partial charge in [0.25, 0.3) is 5.91 Å². The van der Waals surface area contributed by atoms with E-state index in [-0.39, 0.29) is 18.1 Å². The molecular formula is C22H24N2O3. The van der Waals surface area contributed by atoms with Crippen LogP contribution >= 0.6 is 0 Å². The highest BCUT2D eigenvalue weighted by Crippen LogP contribution is 2.28. The maximum atomic E-state index is 13.0. The lowest BCUT2D eigenvalue weighted by atomic mass is 10.1. The molecule has 1 heterocycles. The molecule has 0 saturated heterocycles. The molecule has 0 aromatic heterocycles. The summed E-state index contributed by atoms with van der Waals surface area (Å²) in [6.45, 7) is 4.35. The van der Waals surface area contributed by atoms with Crippen molar-refractivity contribution in [1.82, 2.24) is 0 Å². The summed E-state index contributed by atoms with van der Waals surface area (Å²) in [4.78, 5) is 26.8. The number of carbonyl (C=O) groups is 2. The number of rotatable bonds is 6. The second-order valence-corrected chi connectivity index (χ2v) is 6.43. The van der Waals surface area contributed by atoms with Crippen LogP contribution in [0.5, 0.6) is 0 Å². The quantitative estimate of drug-likeness (QED) is 0.794. The molecule has 1 amide bonds. The number of methoxy groups -OCH3 is 1. The normalized spacial score (nSPS) is 13.9. The SMILES string of the molecule is CCc1ccc(NC2=C(C(=O)OC)CN(c3ccc(CC)cc3)C2=O)cc1. The van der Waals surface area contributed by atoms with Crippen molar-refractivity contribution in [2.45, 2.75) is 26.7 Å². The number of hydrogen-bond donors (Lipinski definition) is 1. The zero-order chi connectivity index (χ0) is 19.4. The molecule has 0 aliphatic carbocycles. The van der Waals surface area contributed by atoms with Gasteiger partial charge in [0, 0.05) is 11.4 Å². The molecule has 2 aromatic carbocycles. The minimum atomic E-state index is -0.497. The van der Waals surface area contributed by atoms with E-state index < -0.39 is 5.97 Å². The van der Waals surface area contributed by atoms with E-state index in [9.17, 15) is 9.59 Å². The molecule has 5 nitrogen and oxygen atoms in total. The van der Waals surface area contributed by atoms with E-state index in [0.29, 0.717) is 5.57 Å². The maximum Gasteiger partial charge on any atom is 0.337 e. The van der Waals surface area contributed by atoms with Gasteiger partial charge in [-0.15, -0.1) is 0 Å². The fraction of sp³-hybridized carbons (Fsp3) is 0.273. The molecule has 0 fully saturated rings. The topological polar surface area (TPSA) is 58.6 Å². The predicted molar refractivity (Wildman–Crippen MR) is 107 cm³/mol. The van der Waals surface area contributed by atoms with E-state index in [4.69, 9.17) is 4.74 Å². The third kappa shape index (κ3) is 3.87. The van der Waals surface area contributed by atoms with Gasteiger partial charge in [0.05, 0.1) is 19.2 Å². The monoisotopic (exact) mass is 364 g/mol. The first-order chi connectivity index (χ1) is 13.1. The number of benzene rings is 2. The highest BCUT2D eigenvalue weighted by molar-refractivity contribution is 6.16. The van der Waals surface area contributed by atoms with Crippen molar-refractivity contribution in [2.75, 3.05) is 23.9 Å². The zero-order valence-corrected chi connectivity index (χ0v) is 15.9. The van der Waals surface area contributed by atoms with Gasteiger partial charge in [0.2, 0.25) is 0 Å². The number of nitrogens with one attached hydrogen (secondary N) is 1. The number of hydrogen-bond acceptors (Lipinski definition) is 4. The summed E-state index contributed by atoms with van der Waals surface area (Å²) < 4.78 is 4.89. The van der Waals surface area contributed by atoms with Gasteiger partial charge in [-0.1, -0.05) is 38.1 Å². The minimum Gasteiger partial charge on any atom is -0.466 e. The van der Waals surface area contributed by atoms with Gasteiger partial charge in [-0.2, -0.15) is 0 Å². The second-order valence-electron chi connectivity index (χ2n) is 6.43. The highest BCUT2D eigenvalue weighted by atomic mass is 16.5. The molecule has 0 saturated carbocycles. The molecular weight excluding hydrogens is 340 g/mol. The number of esters is 1. The highest BCUT2D eigenvalue weighted by Gasteiger charge is 2.35. The molecule has 5 heteroatoms. The third-order valence-corrected chi connectivity index (χ3v) is 4.80. The first kappa shape index (κ1) is 18.7. The van der Waals surface area contributed by atoms with E-state index >= 15 is 0 Å². The predicted octanol–water partition coefficient (Wildman–Crippen LogP) is 3.70. The van der Waals surface area contributed by atoms with E-state index in [1.165, 1.54) is 18.2 Å². The number of ether oxygens (including phenoxy) is 1. The van der Waals surface area contributed by atoms with Crippen LogP contribution in [0, 0.1) is 0 Å². The van der Waals surface area contributed by atoms with Crippen molar-refractivity contribution in [3.8, 4) is 0 Å². The van der Waals surface area contributed by atoms with Crippen LogP contribution in [0.1, 0.15) is 25.0 Å². The van der Waals surface area contributed by atoms with Gasteiger partial charge < -0.3 is 15.0 Å². The van der Waals surface area contributed by atoms with Crippen LogP contribution in [-0.4, -0.2) is 25.5 Å². The van der Waals surface area contributed by atoms with Crippen LogP contribution in [-0.2, 0) is 27.2 Å². The summed E-state index contributed by atoms with van der Waals surface area (Å²) in [5.74, 6) is -0.733. The Bertz CT molecular complexity index is 867. The van der Waals surface area contributed by atoms with Crippen LogP contribution in [0.4, 0.5) is 11.4 Å². The third-order valence-electron chi connectivity index (χ3n) is 4.80. The summed E-state index contributed by atoms with van der Waals surface area (Å²) in [5.41, 5.74) is 4.53. The van der Waals surface area contributed by atoms with E-state index in [1.807, 2.05) is 48.5 Å². The molecule has 0 spiro atoms. The Morgan fingerprint density at radius 3 is 2.07 bits per heavy atom. The Morgan fingerprint density at radius 2 is 1.56 bits per heavy atom. The average Bonchev–Trinajstić information content (AvgIpc) is 3.04. The first-order valence-corrected chi connectivity index (χ1v) is 9.15. The number of carbonyl (C=O) groups excluding carboxylic acids is 2. The summed E-state index contributed by atoms with van der Waals surface area (Å²) in [5, 5.41) is 3.12. The van der Waals surface area contributed by atoms with Crippen molar-refractivity contribution < 1.29 is 14.3 Å². The summed E-state index contributed by atoms with van der Waals surface area (Å²) in [7, 11) is 1.33. The van der Waals surface area contributed by atoms with Crippen LogP contribution < -0.4 is 10.2 Å². The fourth-order valence-electron chi connectivity index (χ4n) is 3.08. The van der Waals surface area contributed by atoms with Gasteiger partial charge in [-0.25, -0.2) is 4.79 Å². The van der Waals surface area contributed by atoms with Crippen LogP contribution in [0.3, 0.4) is 0 Å². The molecule has 0 atom stereocenters. The molecule has 1 aliphatic heterocycles. The Hall–Kier alpha value is -3.08. The lowest BCUT2D eigenvalue weighted by molar-refractivity contribution is -0.136. The van der Waals surface area contributed by atoms with Crippen molar-refractivity contribution >= 4 is 23.3 Å². The Labute approximate surface area is 159 Å². The Morgan fingerprint density at radius 1 is 1.00 bits per heavy atom. The Balaban J connectivity index is 1.89. The van der Waals surface area contributed by atoms with Crippen LogP contribution in [0.15, 0.2) is 59.8 Å². The average molecular weight is 364 g/mol. The fourth-order valence-corrected chi connectivity index (χ4v) is 3.08.